The van der Waals surface area contributed by atoms with Gasteiger partial charge < -0.3 is 9.64 Å². The number of carbonyl (C=O) groups excluding carboxylic acids is 1. The predicted octanol–water partition coefficient (Wildman–Crippen LogP) is 2.57. The summed E-state index contributed by atoms with van der Waals surface area (Å²) in [5, 5.41) is 0. The lowest BCUT2D eigenvalue weighted by Gasteiger charge is -2.20. The van der Waals surface area contributed by atoms with Crippen molar-refractivity contribution < 1.29 is 9.53 Å². The van der Waals surface area contributed by atoms with Crippen molar-refractivity contribution in [1.82, 2.24) is 4.90 Å². The molecule has 1 unspecified atom stereocenters. The van der Waals surface area contributed by atoms with Crippen LogP contribution < -0.4 is 0 Å². The fourth-order valence-corrected chi connectivity index (χ4v) is 2.39. The minimum absolute atomic E-state index is 0.205. The molecule has 0 bridgehead atoms. The summed E-state index contributed by atoms with van der Waals surface area (Å²) in [6.07, 6.45) is 3.83. The maximum Gasteiger partial charge on any atom is 0.222 e. The Labute approximate surface area is 115 Å². The van der Waals surface area contributed by atoms with Crippen molar-refractivity contribution in [3.05, 3.63) is 35.4 Å². The van der Waals surface area contributed by atoms with Crippen LogP contribution in [0, 0.1) is 6.92 Å². The van der Waals surface area contributed by atoms with Crippen molar-refractivity contribution >= 4 is 5.91 Å². The number of carbonyl (C=O) groups is 1. The number of benzene rings is 1. The van der Waals surface area contributed by atoms with Crippen molar-refractivity contribution in [1.29, 1.82) is 0 Å². The normalized spacial score (nSPS) is 18.5. The zero-order valence-corrected chi connectivity index (χ0v) is 11.9. The van der Waals surface area contributed by atoms with Crippen LogP contribution >= 0.6 is 0 Å². The molecule has 3 nitrogen and oxygen atoms in total. The Kier molecular flexibility index (Phi) is 4.97. The Bertz CT molecular complexity index is 407. The van der Waals surface area contributed by atoms with E-state index >= 15 is 0 Å². The minimum Gasteiger partial charge on any atom is -0.376 e. The van der Waals surface area contributed by atoms with Gasteiger partial charge in [-0.1, -0.05) is 29.8 Å². The maximum atomic E-state index is 12.0. The number of rotatable bonds is 5. The summed E-state index contributed by atoms with van der Waals surface area (Å²) in [5.74, 6) is 0.205. The van der Waals surface area contributed by atoms with Crippen molar-refractivity contribution in [2.24, 2.45) is 0 Å². The second-order valence-electron chi connectivity index (χ2n) is 5.39. The van der Waals surface area contributed by atoms with E-state index in [1.54, 1.807) is 0 Å². The van der Waals surface area contributed by atoms with Gasteiger partial charge in [-0.2, -0.15) is 0 Å². The monoisotopic (exact) mass is 261 g/mol. The standard InChI is InChI=1S/C16H23NO2/c1-13-5-7-14(8-6-13)9-10-16(18)17(2)12-15-4-3-11-19-15/h5-8,15H,3-4,9-12H2,1-2H3. The van der Waals surface area contributed by atoms with Gasteiger partial charge in [0.05, 0.1) is 6.10 Å². The van der Waals surface area contributed by atoms with Crippen LogP contribution in [0.3, 0.4) is 0 Å². The first-order valence-corrected chi connectivity index (χ1v) is 7.06. The molecule has 0 radical (unpaired) electrons. The maximum absolute atomic E-state index is 12.0. The summed E-state index contributed by atoms with van der Waals surface area (Å²) in [6.45, 7) is 3.65. The molecule has 104 valence electrons. The zero-order valence-electron chi connectivity index (χ0n) is 11.9. The van der Waals surface area contributed by atoms with Gasteiger partial charge in [-0.15, -0.1) is 0 Å². The van der Waals surface area contributed by atoms with Gasteiger partial charge >= 0.3 is 0 Å². The highest BCUT2D eigenvalue weighted by molar-refractivity contribution is 5.76. The van der Waals surface area contributed by atoms with Crippen LogP contribution in [-0.4, -0.2) is 37.1 Å². The molecule has 0 aromatic heterocycles. The van der Waals surface area contributed by atoms with Crippen molar-refractivity contribution in [3.63, 3.8) is 0 Å². The van der Waals surface area contributed by atoms with Crippen molar-refractivity contribution in [2.45, 2.75) is 38.7 Å². The number of likely N-dealkylation sites (N-methyl/N-ethyl adjacent to an activating group) is 1. The third-order valence-electron chi connectivity index (χ3n) is 3.68. The SMILES string of the molecule is Cc1ccc(CCC(=O)N(C)CC2CCCO2)cc1. The first kappa shape index (κ1) is 14.1. The Balaban J connectivity index is 1.75. The second kappa shape index (κ2) is 6.71. The Morgan fingerprint density at radius 1 is 1.37 bits per heavy atom. The third-order valence-corrected chi connectivity index (χ3v) is 3.68. The number of nitrogens with zero attached hydrogens (tertiary/aromatic N) is 1. The van der Waals surface area contributed by atoms with Crippen LogP contribution in [0.4, 0.5) is 0 Å². The highest BCUT2D eigenvalue weighted by Gasteiger charge is 2.19. The van der Waals surface area contributed by atoms with E-state index in [9.17, 15) is 4.79 Å². The first-order chi connectivity index (χ1) is 9.15. The number of hydrogen-bond donors (Lipinski definition) is 0. The smallest absolute Gasteiger partial charge is 0.222 e. The predicted molar refractivity (Wildman–Crippen MR) is 76.1 cm³/mol. The molecule has 3 heteroatoms. The Morgan fingerprint density at radius 3 is 2.74 bits per heavy atom. The molecule has 0 aliphatic carbocycles. The van der Waals surface area contributed by atoms with E-state index in [4.69, 9.17) is 4.74 Å². The molecule has 2 rings (SSSR count). The van der Waals surface area contributed by atoms with E-state index in [1.807, 2.05) is 11.9 Å². The van der Waals surface area contributed by atoms with E-state index in [2.05, 4.69) is 31.2 Å². The van der Waals surface area contributed by atoms with E-state index in [0.29, 0.717) is 6.42 Å². The zero-order chi connectivity index (χ0) is 13.7. The lowest BCUT2D eigenvalue weighted by atomic mass is 10.1. The van der Waals surface area contributed by atoms with Crippen LogP contribution in [0.5, 0.6) is 0 Å². The molecule has 1 aliphatic rings. The molecule has 1 atom stereocenters. The van der Waals surface area contributed by atoms with Crippen LogP contribution in [0.2, 0.25) is 0 Å². The lowest BCUT2D eigenvalue weighted by molar-refractivity contribution is -0.131. The quantitative estimate of drug-likeness (QED) is 0.815. The average molecular weight is 261 g/mol. The molecular weight excluding hydrogens is 238 g/mol. The third kappa shape index (κ3) is 4.35. The van der Waals surface area contributed by atoms with Gasteiger partial charge in [0, 0.05) is 26.6 Å². The van der Waals surface area contributed by atoms with Gasteiger partial charge in [-0.05, 0) is 31.7 Å². The van der Waals surface area contributed by atoms with Gasteiger partial charge in [-0.3, -0.25) is 4.79 Å². The summed E-state index contributed by atoms with van der Waals surface area (Å²) < 4.78 is 5.56. The van der Waals surface area contributed by atoms with Crippen LogP contribution in [0.1, 0.15) is 30.4 Å². The number of aryl methyl sites for hydroxylation is 2. The first-order valence-electron chi connectivity index (χ1n) is 7.06. The summed E-state index contributed by atoms with van der Waals surface area (Å²) in [5.41, 5.74) is 2.48. The largest absolute Gasteiger partial charge is 0.376 e. The summed E-state index contributed by atoms with van der Waals surface area (Å²) >= 11 is 0. The minimum atomic E-state index is 0.205. The molecule has 1 aromatic rings. The number of hydrogen-bond acceptors (Lipinski definition) is 2. The highest BCUT2D eigenvalue weighted by Crippen LogP contribution is 2.13. The molecule has 1 aliphatic heterocycles. The van der Waals surface area contributed by atoms with E-state index in [-0.39, 0.29) is 12.0 Å². The van der Waals surface area contributed by atoms with Gasteiger partial charge in [0.25, 0.3) is 0 Å². The highest BCUT2D eigenvalue weighted by atomic mass is 16.5. The summed E-state index contributed by atoms with van der Waals surface area (Å²) in [7, 11) is 1.87. The van der Waals surface area contributed by atoms with Crippen LogP contribution in [-0.2, 0) is 16.0 Å². The van der Waals surface area contributed by atoms with Crippen LogP contribution in [0.15, 0.2) is 24.3 Å². The van der Waals surface area contributed by atoms with Gasteiger partial charge in [-0.25, -0.2) is 0 Å². The average Bonchev–Trinajstić information content (AvgIpc) is 2.90. The molecule has 1 fully saturated rings. The summed E-state index contributed by atoms with van der Waals surface area (Å²) in [4.78, 5) is 13.9. The molecule has 0 N–H and O–H groups in total. The number of amides is 1. The van der Waals surface area contributed by atoms with Gasteiger partial charge in [0.2, 0.25) is 5.91 Å². The van der Waals surface area contributed by atoms with E-state index < -0.39 is 0 Å². The second-order valence-corrected chi connectivity index (χ2v) is 5.39. The Hall–Kier alpha value is -1.35. The molecule has 0 saturated carbocycles. The molecule has 1 heterocycles. The molecule has 19 heavy (non-hydrogen) atoms. The number of ether oxygens (including phenoxy) is 1. The topological polar surface area (TPSA) is 29.5 Å². The van der Waals surface area contributed by atoms with Crippen LogP contribution in [0.25, 0.3) is 0 Å². The molecule has 1 amide bonds. The van der Waals surface area contributed by atoms with E-state index in [0.717, 1.165) is 32.4 Å². The van der Waals surface area contributed by atoms with Crippen molar-refractivity contribution in [2.75, 3.05) is 20.2 Å². The van der Waals surface area contributed by atoms with E-state index in [1.165, 1.54) is 11.1 Å². The molecule has 0 spiro atoms. The molecule has 1 saturated heterocycles. The van der Waals surface area contributed by atoms with Gasteiger partial charge in [0.1, 0.15) is 0 Å². The summed E-state index contributed by atoms with van der Waals surface area (Å²) in [6, 6.07) is 8.39. The fraction of sp³-hybridized carbons (Fsp3) is 0.562. The molecule has 1 aromatic carbocycles. The lowest BCUT2D eigenvalue weighted by Crippen LogP contribution is -2.34. The van der Waals surface area contributed by atoms with Crippen molar-refractivity contribution in [3.8, 4) is 0 Å². The fourth-order valence-electron chi connectivity index (χ4n) is 2.39. The molecular formula is C16H23NO2. The Morgan fingerprint density at radius 2 is 2.11 bits per heavy atom. The van der Waals surface area contributed by atoms with Gasteiger partial charge in [0.15, 0.2) is 0 Å².